The number of hydrogen-bond acceptors (Lipinski definition) is 4. The molecular weight excluding hydrogens is 226 g/mol. The Morgan fingerprint density at radius 3 is 2.44 bits per heavy atom. The number of aromatic nitrogens is 4. The molecule has 0 spiro atoms. The molecule has 0 radical (unpaired) electrons. The fourth-order valence-corrected chi connectivity index (χ4v) is 1.60. The molecule has 0 bridgehead atoms. The molecule has 2 aromatic heterocycles. The average molecular weight is 245 g/mol. The maximum Gasteiger partial charge on any atom is 0.176 e. The van der Waals surface area contributed by atoms with Crippen molar-refractivity contribution >= 4 is 0 Å². The van der Waals surface area contributed by atoms with Crippen LogP contribution in [-0.4, -0.2) is 19.7 Å². The summed E-state index contributed by atoms with van der Waals surface area (Å²) in [6.07, 6.45) is 1.78. The van der Waals surface area contributed by atoms with Crippen LogP contribution in [0.5, 0.6) is 0 Å². The number of rotatable bonds is 2. The maximum atomic E-state index is 5.56. The number of nitrogens with two attached hydrogens (primary N) is 1. The first-order chi connectivity index (χ1) is 8.41. The lowest BCUT2D eigenvalue weighted by Crippen LogP contribution is -2.13. The van der Waals surface area contributed by atoms with E-state index in [4.69, 9.17) is 5.73 Å². The first kappa shape index (κ1) is 12.7. The van der Waals surface area contributed by atoms with Crippen LogP contribution in [0, 0.1) is 0 Å². The van der Waals surface area contributed by atoms with Gasteiger partial charge in [-0.2, -0.15) is 5.10 Å². The SMILES string of the molecule is Cn1nc(C(C)(C)C)nc1-c1ccc(CN)cn1. The third-order valence-corrected chi connectivity index (χ3v) is 2.72. The van der Waals surface area contributed by atoms with Gasteiger partial charge in [-0.25, -0.2) is 9.67 Å². The van der Waals surface area contributed by atoms with Gasteiger partial charge in [0.25, 0.3) is 0 Å². The van der Waals surface area contributed by atoms with Crippen LogP contribution in [0.15, 0.2) is 18.3 Å². The van der Waals surface area contributed by atoms with Gasteiger partial charge in [0.1, 0.15) is 5.69 Å². The minimum atomic E-state index is -0.0623. The summed E-state index contributed by atoms with van der Waals surface area (Å²) in [4.78, 5) is 8.94. The molecule has 0 aliphatic carbocycles. The summed E-state index contributed by atoms with van der Waals surface area (Å²) in [5.41, 5.74) is 7.32. The van der Waals surface area contributed by atoms with Gasteiger partial charge in [-0.1, -0.05) is 26.8 Å². The predicted molar refractivity (Wildman–Crippen MR) is 70.8 cm³/mol. The lowest BCUT2D eigenvalue weighted by atomic mass is 9.96. The van der Waals surface area contributed by atoms with Gasteiger partial charge >= 0.3 is 0 Å². The molecule has 5 heteroatoms. The highest BCUT2D eigenvalue weighted by Gasteiger charge is 2.21. The van der Waals surface area contributed by atoms with Crippen LogP contribution in [0.4, 0.5) is 0 Å². The molecule has 0 atom stereocenters. The zero-order valence-electron chi connectivity index (χ0n) is 11.3. The molecule has 2 N–H and O–H groups in total. The number of pyridine rings is 1. The van der Waals surface area contributed by atoms with Gasteiger partial charge in [0.2, 0.25) is 0 Å². The van der Waals surface area contributed by atoms with Crippen LogP contribution in [0.3, 0.4) is 0 Å². The molecule has 0 saturated carbocycles. The number of aryl methyl sites for hydroxylation is 1. The zero-order valence-corrected chi connectivity index (χ0v) is 11.3. The highest BCUT2D eigenvalue weighted by Crippen LogP contribution is 2.22. The normalized spacial score (nSPS) is 11.8. The summed E-state index contributed by atoms with van der Waals surface area (Å²) in [5, 5.41) is 4.44. The van der Waals surface area contributed by atoms with Gasteiger partial charge in [0.05, 0.1) is 0 Å². The highest BCUT2D eigenvalue weighted by molar-refractivity contribution is 5.49. The van der Waals surface area contributed by atoms with Crippen molar-refractivity contribution in [3.63, 3.8) is 0 Å². The quantitative estimate of drug-likeness (QED) is 0.873. The van der Waals surface area contributed by atoms with Crippen LogP contribution >= 0.6 is 0 Å². The van der Waals surface area contributed by atoms with E-state index < -0.39 is 0 Å². The second-order valence-electron chi connectivity index (χ2n) is 5.39. The van der Waals surface area contributed by atoms with Crippen molar-refractivity contribution in [1.82, 2.24) is 19.7 Å². The second kappa shape index (κ2) is 4.49. The largest absolute Gasteiger partial charge is 0.326 e. The van der Waals surface area contributed by atoms with Crippen molar-refractivity contribution in [2.45, 2.75) is 32.7 Å². The van der Waals surface area contributed by atoms with Gasteiger partial charge in [-0.15, -0.1) is 0 Å². The third-order valence-electron chi connectivity index (χ3n) is 2.72. The van der Waals surface area contributed by atoms with Crippen molar-refractivity contribution in [2.24, 2.45) is 12.8 Å². The van der Waals surface area contributed by atoms with Gasteiger partial charge in [-0.05, 0) is 11.6 Å². The van der Waals surface area contributed by atoms with E-state index in [1.165, 1.54) is 0 Å². The first-order valence-corrected chi connectivity index (χ1v) is 5.98. The molecular formula is C13H19N5. The summed E-state index contributed by atoms with van der Waals surface area (Å²) in [6.45, 7) is 6.78. The van der Waals surface area contributed by atoms with Crippen molar-refractivity contribution in [2.75, 3.05) is 0 Å². The minimum absolute atomic E-state index is 0.0623. The highest BCUT2D eigenvalue weighted by atomic mass is 15.3. The average Bonchev–Trinajstić information content (AvgIpc) is 2.71. The summed E-state index contributed by atoms with van der Waals surface area (Å²) >= 11 is 0. The van der Waals surface area contributed by atoms with Crippen LogP contribution in [0.2, 0.25) is 0 Å². The summed E-state index contributed by atoms with van der Waals surface area (Å²) in [7, 11) is 1.89. The van der Waals surface area contributed by atoms with Crippen molar-refractivity contribution in [3.8, 4) is 11.5 Å². The Morgan fingerprint density at radius 1 is 1.28 bits per heavy atom. The minimum Gasteiger partial charge on any atom is -0.326 e. The molecule has 2 heterocycles. The van der Waals surface area contributed by atoms with Gasteiger partial charge < -0.3 is 5.73 Å². The smallest absolute Gasteiger partial charge is 0.176 e. The third kappa shape index (κ3) is 2.41. The standard InChI is InChI=1S/C13H19N5/c1-13(2,3)12-16-11(18(4)17-12)10-6-5-9(7-14)8-15-10/h5-6,8H,7,14H2,1-4H3. The van der Waals surface area contributed by atoms with E-state index in [0.29, 0.717) is 6.54 Å². The van der Waals surface area contributed by atoms with Crippen LogP contribution < -0.4 is 5.73 Å². The van der Waals surface area contributed by atoms with E-state index in [9.17, 15) is 0 Å². The van der Waals surface area contributed by atoms with E-state index in [1.54, 1.807) is 10.9 Å². The fraction of sp³-hybridized carbons (Fsp3) is 0.462. The second-order valence-corrected chi connectivity index (χ2v) is 5.39. The molecule has 0 aromatic carbocycles. The molecule has 18 heavy (non-hydrogen) atoms. The Kier molecular flexibility index (Phi) is 3.17. The lowest BCUT2D eigenvalue weighted by molar-refractivity contribution is 0.538. The van der Waals surface area contributed by atoms with Crippen molar-refractivity contribution < 1.29 is 0 Å². The van der Waals surface area contributed by atoms with Crippen LogP contribution in [0.1, 0.15) is 32.2 Å². The van der Waals surface area contributed by atoms with E-state index in [-0.39, 0.29) is 5.41 Å². The van der Waals surface area contributed by atoms with Crippen LogP contribution in [-0.2, 0) is 19.0 Å². The molecule has 0 amide bonds. The van der Waals surface area contributed by atoms with Crippen molar-refractivity contribution in [3.05, 3.63) is 29.7 Å². The molecule has 5 nitrogen and oxygen atoms in total. The molecule has 2 rings (SSSR count). The van der Waals surface area contributed by atoms with E-state index >= 15 is 0 Å². The Balaban J connectivity index is 2.41. The monoisotopic (exact) mass is 245 g/mol. The first-order valence-electron chi connectivity index (χ1n) is 5.98. The summed E-state index contributed by atoms with van der Waals surface area (Å²) in [6, 6.07) is 3.90. The molecule has 2 aromatic rings. The maximum absolute atomic E-state index is 5.56. The van der Waals surface area contributed by atoms with Gasteiger partial charge in [-0.3, -0.25) is 4.98 Å². The van der Waals surface area contributed by atoms with E-state index in [2.05, 4.69) is 35.8 Å². The molecule has 0 saturated heterocycles. The van der Waals surface area contributed by atoms with E-state index in [1.807, 2.05) is 19.2 Å². The van der Waals surface area contributed by atoms with Crippen LogP contribution in [0.25, 0.3) is 11.5 Å². The van der Waals surface area contributed by atoms with Gasteiger partial charge in [0.15, 0.2) is 11.6 Å². The molecule has 0 aliphatic rings. The topological polar surface area (TPSA) is 69.6 Å². The molecule has 0 aliphatic heterocycles. The predicted octanol–water partition coefficient (Wildman–Crippen LogP) is 1.63. The molecule has 96 valence electrons. The number of nitrogens with zero attached hydrogens (tertiary/aromatic N) is 4. The molecule has 0 fully saturated rings. The Bertz CT molecular complexity index is 533. The summed E-state index contributed by atoms with van der Waals surface area (Å²) in [5.74, 6) is 1.60. The fourth-order valence-electron chi connectivity index (χ4n) is 1.60. The Labute approximate surface area is 107 Å². The molecule has 0 unspecified atom stereocenters. The van der Waals surface area contributed by atoms with Gasteiger partial charge in [0, 0.05) is 25.2 Å². The van der Waals surface area contributed by atoms with E-state index in [0.717, 1.165) is 22.9 Å². The Morgan fingerprint density at radius 2 is 2.00 bits per heavy atom. The lowest BCUT2D eigenvalue weighted by Gasteiger charge is -2.11. The van der Waals surface area contributed by atoms with Crippen molar-refractivity contribution in [1.29, 1.82) is 0 Å². The number of hydrogen-bond donors (Lipinski definition) is 1. The summed E-state index contributed by atoms with van der Waals surface area (Å²) < 4.78 is 1.77. The Hall–Kier alpha value is -1.75. The zero-order chi connectivity index (χ0) is 13.3.